The normalized spacial score (nSPS) is 12.2. The van der Waals surface area contributed by atoms with Gasteiger partial charge in [-0.05, 0) is 48.7 Å². The number of hydrogen-bond donors (Lipinski definition) is 3. The molecule has 7 heteroatoms. The van der Waals surface area contributed by atoms with Crippen molar-refractivity contribution in [3.05, 3.63) is 83.1 Å². The number of aryl methyl sites for hydroxylation is 2. The number of halogens is 1. The summed E-state index contributed by atoms with van der Waals surface area (Å²) in [6.07, 6.45) is 0. The lowest BCUT2D eigenvalue weighted by molar-refractivity contribution is 0.0936. The minimum absolute atomic E-state index is 0.109. The smallest absolute Gasteiger partial charge is 0.272 e. The minimum Gasteiger partial charge on any atom is -0.508 e. The number of nitrogens with zero attached hydrogens (tertiary/aromatic N) is 2. The van der Waals surface area contributed by atoms with E-state index in [0.29, 0.717) is 5.69 Å². The van der Waals surface area contributed by atoms with Gasteiger partial charge in [-0.2, -0.15) is 5.10 Å². The lowest BCUT2D eigenvalue weighted by Crippen LogP contribution is -2.30. The third kappa shape index (κ3) is 3.22. The number of aromatic nitrogens is 3. The van der Waals surface area contributed by atoms with Crippen molar-refractivity contribution in [2.75, 3.05) is 0 Å². The molecule has 0 saturated carbocycles. The van der Waals surface area contributed by atoms with E-state index in [9.17, 15) is 14.3 Å². The van der Waals surface area contributed by atoms with Gasteiger partial charge in [-0.15, -0.1) is 0 Å². The zero-order valence-corrected chi connectivity index (χ0v) is 15.4. The highest BCUT2D eigenvalue weighted by Gasteiger charge is 2.24. The topological polar surface area (TPSA) is 82.9 Å². The van der Waals surface area contributed by atoms with E-state index in [1.165, 1.54) is 18.2 Å². The van der Waals surface area contributed by atoms with Crippen LogP contribution in [0.1, 0.15) is 33.5 Å². The summed E-state index contributed by atoms with van der Waals surface area (Å²) in [5.41, 5.74) is 2.84. The summed E-state index contributed by atoms with van der Waals surface area (Å²) in [5.74, 6) is -1.03. The Labute approximate surface area is 160 Å². The number of benzene rings is 2. The van der Waals surface area contributed by atoms with Crippen molar-refractivity contribution in [3.63, 3.8) is 0 Å². The lowest BCUT2D eigenvalue weighted by atomic mass is 10.0. The number of aromatic hydroxyl groups is 1. The summed E-state index contributed by atoms with van der Waals surface area (Å²) < 4.78 is 15.5. The third-order valence-corrected chi connectivity index (χ3v) is 4.78. The average molecular weight is 378 g/mol. The molecule has 1 atom stereocenters. The highest BCUT2D eigenvalue weighted by molar-refractivity contribution is 5.93. The van der Waals surface area contributed by atoms with Gasteiger partial charge in [-0.1, -0.05) is 18.2 Å². The van der Waals surface area contributed by atoms with Crippen LogP contribution in [-0.2, 0) is 7.05 Å². The largest absolute Gasteiger partial charge is 0.508 e. The van der Waals surface area contributed by atoms with E-state index in [-0.39, 0.29) is 17.0 Å². The zero-order chi connectivity index (χ0) is 19.8. The van der Waals surface area contributed by atoms with E-state index >= 15 is 0 Å². The zero-order valence-electron chi connectivity index (χ0n) is 15.4. The van der Waals surface area contributed by atoms with Crippen LogP contribution in [0.2, 0.25) is 0 Å². The number of carbonyl (C=O) groups excluding carboxylic acids is 1. The first-order valence-corrected chi connectivity index (χ1v) is 8.80. The predicted molar refractivity (Wildman–Crippen MR) is 104 cm³/mol. The fraction of sp³-hybridized carbons (Fsp3) is 0.143. The van der Waals surface area contributed by atoms with Gasteiger partial charge in [0.25, 0.3) is 5.91 Å². The molecule has 2 aromatic heterocycles. The Bertz CT molecular complexity index is 1130. The predicted octanol–water partition coefficient (Wildman–Crippen LogP) is 3.57. The molecule has 0 aliphatic rings. The van der Waals surface area contributed by atoms with Crippen molar-refractivity contribution in [2.45, 2.75) is 13.0 Å². The molecule has 3 N–H and O–H groups in total. The second-order valence-corrected chi connectivity index (χ2v) is 6.72. The van der Waals surface area contributed by atoms with Gasteiger partial charge < -0.3 is 15.4 Å². The van der Waals surface area contributed by atoms with Gasteiger partial charge in [-0.25, -0.2) is 4.39 Å². The van der Waals surface area contributed by atoms with Crippen LogP contribution >= 0.6 is 0 Å². The Morgan fingerprint density at radius 2 is 2.00 bits per heavy atom. The van der Waals surface area contributed by atoms with Crippen molar-refractivity contribution in [1.82, 2.24) is 20.1 Å². The van der Waals surface area contributed by atoms with Crippen molar-refractivity contribution < 1.29 is 14.3 Å². The highest BCUT2D eigenvalue weighted by atomic mass is 19.1. The van der Waals surface area contributed by atoms with Gasteiger partial charge in [-0.3, -0.25) is 9.48 Å². The van der Waals surface area contributed by atoms with Crippen LogP contribution in [0.3, 0.4) is 0 Å². The minimum atomic E-state index is -0.780. The number of phenols is 1. The Balaban J connectivity index is 1.78. The van der Waals surface area contributed by atoms with E-state index in [2.05, 4.69) is 15.4 Å². The number of amides is 1. The monoisotopic (exact) mass is 378 g/mol. The van der Waals surface area contributed by atoms with Gasteiger partial charge >= 0.3 is 0 Å². The number of para-hydroxylation sites is 1. The second kappa shape index (κ2) is 6.84. The molecule has 0 aliphatic carbocycles. The number of phenolic OH excluding ortho intramolecular Hbond substituents is 1. The molecule has 0 aliphatic heterocycles. The maximum Gasteiger partial charge on any atom is 0.272 e. The molecule has 142 valence electrons. The molecule has 6 nitrogen and oxygen atoms in total. The van der Waals surface area contributed by atoms with Crippen molar-refractivity contribution >= 4 is 16.8 Å². The number of aromatic amines is 1. The van der Waals surface area contributed by atoms with Crippen molar-refractivity contribution in [2.24, 2.45) is 7.05 Å². The van der Waals surface area contributed by atoms with Crippen molar-refractivity contribution in [1.29, 1.82) is 0 Å². The summed E-state index contributed by atoms with van der Waals surface area (Å²) in [4.78, 5) is 16.0. The van der Waals surface area contributed by atoms with Crippen LogP contribution in [0.25, 0.3) is 10.9 Å². The van der Waals surface area contributed by atoms with E-state index in [1.54, 1.807) is 17.8 Å². The summed E-state index contributed by atoms with van der Waals surface area (Å²) >= 11 is 0. The Morgan fingerprint density at radius 1 is 1.21 bits per heavy atom. The third-order valence-electron chi connectivity index (χ3n) is 4.78. The molecule has 0 spiro atoms. The molecule has 0 bridgehead atoms. The number of H-pyrrole nitrogens is 1. The molecule has 0 radical (unpaired) electrons. The molecular formula is C21H19FN4O2. The Hall–Kier alpha value is -3.61. The Kier molecular flexibility index (Phi) is 4.35. The summed E-state index contributed by atoms with van der Waals surface area (Å²) in [5, 5.41) is 18.3. The molecule has 2 heterocycles. The summed E-state index contributed by atoms with van der Waals surface area (Å²) in [6.45, 7) is 1.84. The lowest BCUT2D eigenvalue weighted by Gasteiger charge is -2.19. The van der Waals surface area contributed by atoms with Gasteiger partial charge in [0, 0.05) is 29.5 Å². The van der Waals surface area contributed by atoms with Crippen LogP contribution in [-0.4, -0.2) is 25.8 Å². The molecule has 2 aromatic carbocycles. The first-order valence-electron chi connectivity index (χ1n) is 8.80. The SMILES string of the molecule is Cc1cc(C(=O)NC(c2cc3ccccc3[nH]2)c2cc(F)ccc2O)nn1C. The highest BCUT2D eigenvalue weighted by Crippen LogP contribution is 2.31. The molecule has 4 aromatic rings. The molecule has 1 unspecified atom stereocenters. The van der Waals surface area contributed by atoms with E-state index in [1.807, 2.05) is 37.3 Å². The van der Waals surface area contributed by atoms with Crippen LogP contribution < -0.4 is 5.32 Å². The fourth-order valence-corrected chi connectivity index (χ4v) is 3.21. The van der Waals surface area contributed by atoms with E-state index in [0.717, 1.165) is 16.6 Å². The molecule has 0 fully saturated rings. The molecule has 1 amide bonds. The number of fused-ring (bicyclic) bond motifs is 1. The van der Waals surface area contributed by atoms with Gasteiger partial charge in [0.1, 0.15) is 17.3 Å². The maximum absolute atomic E-state index is 13.9. The van der Waals surface area contributed by atoms with Crippen molar-refractivity contribution in [3.8, 4) is 5.75 Å². The summed E-state index contributed by atoms with van der Waals surface area (Å²) in [6, 6.07) is 14.1. The Morgan fingerprint density at radius 3 is 2.71 bits per heavy atom. The number of rotatable bonds is 4. The maximum atomic E-state index is 13.9. The van der Waals surface area contributed by atoms with E-state index in [4.69, 9.17) is 0 Å². The van der Waals surface area contributed by atoms with Crippen LogP contribution in [0.5, 0.6) is 5.75 Å². The van der Waals surface area contributed by atoms with Gasteiger partial charge in [0.2, 0.25) is 0 Å². The second-order valence-electron chi connectivity index (χ2n) is 6.72. The first-order chi connectivity index (χ1) is 13.4. The first kappa shape index (κ1) is 17.8. The average Bonchev–Trinajstić information content (AvgIpc) is 3.25. The van der Waals surface area contributed by atoms with Crippen LogP contribution in [0.15, 0.2) is 54.6 Å². The fourth-order valence-electron chi connectivity index (χ4n) is 3.21. The van der Waals surface area contributed by atoms with Crippen LogP contribution in [0.4, 0.5) is 4.39 Å². The number of hydrogen-bond acceptors (Lipinski definition) is 3. The van der Waals surface area contributed by atoms with Gasteiger partial charge in [0.05, 0.1) is 6.04 Å². The van der Waals surface area contributed by atoms with E-state index < -0.39 is 17.8 Å². The summed E-state index contributed by atoms with van der Waals surface area (Å²) in [7, 11) is 1.75. The number of nitrogens with one attached hydrogen (secondary N) is 2. The van der Waals surface area contributed by atoms with Crippen LogP contribution in [0, 0.1) is 12.7 Å². The molecule has 4 rings (SSSR count). The molecule has 28 heavy (non-hydrogen) atoms. The van der Waals surface area contributed by atoms with Gasteiger partial charge in [0.15, 0.2) is 0 Å². The molecule has 0 saturated heterocycles. The quantitative estimate of drug-likeness (QED) is 0.508. The standard InChI is InChI=1S/C21H19FN4O2/c1-12-9-18(25-26(12)2)21(28)24-20(15-11-14(22)7-8-19(15)27)17-10-13-5-3-4-6-16(13)23-17/h3-11,20,23,27H,1-2H3,(H,24,28). The number of carbonyl (C=O) groups is 1. The molecular weight excluding hydrogens is 359 g/mol.